The lowest BCUT2D eigenvalue weighted by atomic mass is 10.1. The van der Waals surface area contributed by atoms with E-state index in [0.717, 1.165) is 16.9 Å². The van der Waals surface area contributed by atoms with Gasteiger partial charge in [-0.2, -0.15) is 0 Å². The van der Waals surface area contributed by atoms with Crippen LogP contribution in [0.25, 0.3) is 22.6 Å². The number of aryl methyl sites for hydroxylation is 2. The normalized spacial score (nSPS) is 11.2. The first-order valence-corrected chi connectivity index (χ1v) is 7.42. The number of fused-ring (bicyclic) bond motifs is 1. The van der Waals surface area contributed by atoms with Gasteiger partial charge in [-0.05, 0) is 50.2 Å². The minimum absolute atomic E-state index is 0.969. The van der Waals surface area contributed by atoms with E-state index in [4.69, 9.17) is 4.98 Å². The number of imidazole rings is 1. The molecule has 4 rings (SSSR count). The summed E-state index contributed by atoms with van der Waals surface area (Å²) in [5, 5.41) is 0. The summed E-state index contributed by atoms with van der Waals surface area (Å²) in [5.41, 5.74) is 6.75. The van der Waals surface area contributed by atoms with Crippen molar-refractivity contribution in [3.8, 4) is 16.9 Å². The van der Waals surface area contributed by atoms with Crippen molar-refractivity contribution in [3.05, 3.63) is 78.4 Å². The first kappa shape index (κ1) is 12.9. The first-order valence-electron chi connectivity index (χ1n) is 7.42. The Balaban J connectivity index is 1.85. The summed E-state index contributed by atoms with van der Waals surface area (Å²) >= 11 is 0. The van der Waals surface area contributed by atoms with Crippen molar-refractivity contribution in [1.82, 2.24) is 14.0 Å². The minimum atomic E-state index is 0.969. The van der Waals surface area contributed by atoms with Gasteiger partial charge in [0.25, 0.3) is 0 Å². The van der Waals surface area contributed by atoms with E-state index in [1.165, 1.54) is 17.1 Å². The number of pyridine rings is 1. The minimum Gasteiger partial charge on any atom is -0.318 e. The Hall–Kier alpha value is -2.81. The Morgan fingerprint density at radius 1 is 0.864 bits per heavy atom. The smallest absolute Gasteiger partial charge is 0.137 e. The zero-order valence-electron chi connectivity index (χ0n) is 12.7. The van der Waals surface area contributed by atoms with E-state index in [1.807, 2.05) is 28.8 Å². The molecule has 0 saturated carbocycles. The fourth-order valence-electron chi connectivity index (χ4n) is 2.95. The van der Waals surface area contributed by atoms with Gasteiger partial charge in [-0.25, -0.2) is 4.98 Å². The Morgan fingerprint density at radius 3 is 2.45 bits per heavy atom. The first-order chi connectivity index (χ1) is 10.7. The van der Waals surface area contributed by atoms with Crippen LogP contribution < -0.4 is 0 Å². The summed E-state index contributed by atoms with van der Waals surface area (Å²) in [4.78, 5) is 4.70. The highest BCUT2D eigenvalue weighted by atomic mass is 15.0. The summed E-state index contributed by atoms with van der Waals surface area (Å²) in [6.45, 7) is 4.26. The van der Waals surface area contributed by atoms with E-state index >= 15 is 0 Å². The van der Waals surface area contributed by atoms with Crippen LogP contribution in [0.3, 0.4) is 0 Å². The molecule has 1 aromatic carbocycles. The highest BCUT2D eigenvalue weighted by molar-refractivity contribution is 5.65. The predicted octanol–water partition coefficient (Wildman–Crippen LogP) is 4.41. The van der Waals surface area contributed by atoms with E-state index in [2.05, 4.69) is 61.0 Å². The molecule has 3 heteroatoms. The van der Waals surface area contributed by atoms with Gasteiger partial charge in [0.1, 0.15) is 5.65 Å². The van der Waals surface area contributed by atoms with Gasteiger partial charge in [-0.15, -0.1) is 0 Å². The lowest BCUT2D eigenvalue weighted by Gasteiger charge is -2.10. The zero-order valence-corrected chi connectivity index (χ0v) is 12.7. The topological polar surface area (TPSA) is 22.2 Å². The third kappa shape index (κ3) is 2.02. The van der Waals surface area contributed by atoms with Crippen LogP contribution in [0.15, 0.2) is 67.0 Å². The number of benzene rings is 1. The van der Waals surface area contributed by atoms with Crippen LogP contribution in [0.2, 0.25) is 0 Å². The number of hydrogen-bond donors (Lipinski definition) is 0. The van der Waals surface area contributed by atoms with Crippen molar-refractivity contribution in [2.24, 2.45) is 0 Å². The average Bonchev–Trinajstić information content (AvgIpc) is 3.11. The summed E-state index contributed by atoms with van der Waals surface area (Å²) in [7, 11) is 0. The molecule has 0 bridgehead atoms. The van der Waals surface area contributed by atoms with Crippen molar-refractivity contribution in [3.63, 3.8) is 0 Å². The summed E-state index contributed by atoms with van der Waals surface area (Å²) in [5.74, 6) is 0. The second kappa shape index (κ2) is 4.88. The standard InChI is InChI=1S/C19H17N3/c1-14-9-10-15(2)22(14)17-7-5-6-16(12-17)18-13-21-11-4-3-8-19(21)20-18/h3-13H,1-2H3. The van der Waals surface area contributed by atoms with E-state index in [9.17, 15) is 0 Å². The van der Waals surface area contributed by atoms with Crippen LogP contribution in [-0.2, 0) is 0 Å². The second-order valence-corrected chi connectivity index (χ2v) is 5.59. The van der Waals surface area contributed by atoms with E-state index in [0.29, 0.717) is 0 Å². The molecular formula is C19H17N3. The van der Waals surface area contributed by atoms with Crippen LogP contribution >= 0.6 is 0 Å². The van der Waals surface area contributed by atoms with Gasteiger partial charge in [0.2, 0.25) is 0 Å². The van der Waals surface area contributed by atoms with Gasteiger partial charge < -0.3 is 8.97 Å². The number of nitrogens with zero attached hydrogens (tertiary/aromatic N) is 3. The van der Waals surface area contributed by atoms with Crippen LogP contribution in [0.1, 0.15) is 11.4 Å². The lowest BCUT2D eigenvalue weighted by molar-refractivity contribution is 0.966. The highest BCUT2D eigenvalue weighted by Crippen LogP contribution is 2.24. The highest BCUT2D eigenvalue weighted by Gasteiger charge is 2.08. The van der Waals surface area contributed by atoms with E-state index in [-0.39, 0.29) is 0 Å². The number of aromatic nitrogens is 3. The molecule has 3 nitrogen and oxygen atoms in total. The molecule has 0 fully saturated rings. The summed E-state index contributed by atoms with van der Waals surface area (Å²) in [6, 6.07) is 18.9. The van der Waals surface area contributed by atoms with Gasteiger partial charge in [0, 0.05) is 35.0 Å². The fourth-order valence-corrected chi connectivity index (χ4v) is 2.95. The zero-order chi connectivity index (χ0) is 15.1. The van der Waals surface area contributed by atoms with Crippen molar-refractivity contribution in [2.45, 2.75) is 13.8 Å². The molecular weight excluding hydrogens is 270 g/mol. The molecule has 0 N–H and O–H groups in total. The molecule has 3 aromatic heterocycles. The Kier molecular flexibility index (Phi) is 2.86. The van der Waals surface area contributed by atoms with E-state index in [1.54, 1.807) is 0 Å². The third-order valence-electron chi connectivity index (χ3n) is 4.04. The maximum absolute atomic E-state index is 4.70. The third-order valence-corrected chi connectivity index (χ3v) is 4.04. The molecule has 0 aliphatic carbocycles. The Bertz CT molecular complexity index is 907. The van der Waals surface area contributed by atoms with Crippen molar-refractivity contribution < 1.29 is 0 Å². The monoisotopic (exact) mass is 287 g/mol. The second-order valence-electron chi connectivity index (χ2n) is 5.59. The molecule has 0 aliphatic rings. The molecule has 0 unspecified atom stereocenters. The van der Waals surface area contributed by atoms with Crippen LogP contribution in [-0.4, -0.2) is 14.0 Å². The molecule has 108 valence electrons. The molecule has 0 saturated heterocycles. The van der Waals surface area contributed by atoms with E-state index < -0.39 is 0 Å². The Morgan fingerprint density at radius 2 is 1.68 bits per heavy atom. The predicted molar refractivity (Wildman–Crippen MR) is 89.4 cm³/mol. The molecule has 0 spiro atoms. The summed E-state index contributed by atoms with van der Waals surface area (Å²) < 4.78 is 4.31. The van der Waals surface area contributed by atoms with Gasteiger partial charge in [0.15, 0.2) is 0 Å². The lowest BCUT2D eigenvalue weighted by Crippen LogP contribution is -1.98. The fraction of sp³-hybridized carbons (Fsp3) is 0.105. The molecule has 3 heterocycles. The quantitative estimate of drug-likeness (QED) is 0.535. The van der Waals surface area contributed by atoms with Crippen LogP contribution in [0, 0.1) is 13.8 Å². The average molecular weight is 287 g/mol. The van der Waals surface area contributed by atoms with Gasteiger partial charge >= 0.3 is 0 Å². The van der Waals surface area contributed by atoms with Crippen molar-refractivity contribution in [2.75, 3.05) is 0 Å². The maximum atomic E-state index is 4.70. The molecule has 0 amide bonds. The number of hydrogen-bond acceptors (Lipinski definition) is 1. The maximum Gasteiger partial charge on any atom is 0.137 e. The van der Waals surface area contributed by atoms with Crippen molar-refractivity contribution >= 4 is 5.65 Å². The van der Waals surface area contributed by atoms with Gasteiger partial charge in [0.05, 0.1) is 5.69 Å². The molecule has 0 atom stereocenters. The summed E-state index contributed by atoms with van der Waals surface area (Å²) in [6.07, 6.45) is 4.10. The molecule has 0 aliphatic heterocycles. The largest absolute Gasteiger partial charge is 0.318 e. The van der Waals surface area contributed by atoms with Gasteiger partial charge in [-0.1, -0.05) is 18.2 Å². The van der Waals surface area contributed by atoms with Crippen LogP contribution in [0.5, 0.6) is 0 Å². The van der Waals surface area contributed by atoms with Crippen LogP contribution in [0.4, 0.5) is 0 Å². The molecule has 0 radical (unpaired) electrons. The molecule has 22 heavy (non-hydrogen) atoms. The SMILES string of the molecule is Cc1ccc(C)n1-c1cccc(-c2cn3ccccc3n2)c1. The van der Waals surface area contributed by atoms with Gasteiger partial charge in [-0.3, -0.25) is 0 Å². The molecule has 4 aromatic rings. The Labute approximate surface area is 129 Å². The number of rotatable bonds is 2. The van der Waals surface area contributed by atoms with Crippen molar-refractivity contribution in [1.29, 1.82) is 0 Å².